The molecule has 1 nitrogen and oxygen atoms in total. The Bertz CT molecular complexity index is 226. The third-order valence-electron chi connectivity index (χ3n) is 5.53. The van der Waals surface area contributed by atoms with E-state index in [4.69, 9.17) is 5.73 Å². The predicted octanol–water partition coefficient (Wildman–Crippen LogP) is 4.36. The fourth-order valence-electron chi connectivity index (χ4n) is 4.16. The Morgan fingerprint density at radius 3 is 2.29 bits per heavy atom. The van der Waals surface area contributed by atoms with Gasteiger partial charge in [-0.3, -0.25) is 0 Å². The van der Waals surface area contributed by atoms with Crippen molar-refractivity contribution >= 4 is 0 Å². The fraction of sp³-hybridized carbons (Fsp3) is 1.00. The highest BCUT2D eigenvalue weighted by Gasteiger charge is 2.30. The third kappa shape index (κ3) is 3.71. The molecule has 4 unspecified atom stereocenters. The molecule has 2 saturated carbocycles. The van der Waals surface area contributed by atoms with E-state index in [0.29, 0.717) is 6.04 Å². The monoisotopic (exact) mass is 237 g/mol. The summed E-state index contributed by atoms with van der Waals surface area (Å²) in [6.45, 7) is 4.93. The molecule has 0 heterocycles. The molecule has 0 amide bonds. The van der Waals surface area contributed by atoms with Crippen LogP contribution in [0.5, 0.6) is 0 Å². The van der Waals surface area contributed by atoms with E-state index in [0.717, 1.165) is 23.7 Å². The molecule has 0 aliphatic heterocycles. The normalized spacial score (nSPS) is 44.3. The lowest BCUT2D eigenvalue weighted by molar-refractivity contribution is 0.167. The summed E-state index contributed by atoms with van der Waals surface area (Å²) in [5, 5.41) is 0. The minimum Gasteiger partial charge on any atom is -0.328 e. The molecule has 2 rings (SSSR count). The van der Waals surface area contributed by atoms with Gasteiger partial charge in [0.25, 0.3) is 0 Å². The summed E-state index contributed by atoms with van der Waals surface area (Å²) >= 11 is 0. The van der Waals surface area contributed by atoms with Crippen LogP contribution in [0.3, 0.4) is 0 Å². The van der Waals surface area contributed by atoms with Crippen LogP contribution in [0, 0.1) is 23.7 Å². The molecule has 0 aromatic rings. The van der Waals surface area contributed by atoms with Gasteiger partial charge in [-0.1, -0.05) is 46.0 Å². The number of hydrogen-bond donors (Lipinski definition) is 1. The van der Waals surface area contributed by atoms with Gasteiger partial charge in [-0.05, 0) is 49.4 Å². The Morgan fingerprint density at radius 2 is 1.53 bits per heavy atom. The van der Waals surface area contributed by atoms with Gasteiger partial charge in [0.2, 0.25) is 0 Å². The van der Waals surface area contributed by atoms with Crippen LogP contribution >= 0.6 is 0 Å². The lowest BCUT2D eigenvalue weighted by Gasteiger charge is -2.36. The Balaban J connectivity index is 1.86. The molecule has 0 saturated heterocycles. The quantitative estimate of drug-likeness (QED) is 0.710. The highest BCUT2D eigenvalue weighted by molar-refractivity contribution is 4.83. The highest BCUT2D eigenvalue weighted by atomic mass is 14.6. The van der Waals surface area contributed by atoms with Gasteiger partial charge in [0.15, 0.2) is 0 Å². The standard InChI is InChI=1S/C16H31N/c1-12-6-4-3-5-7-14(12)11-15-8-9-16(17)10-13(15)2/h12-16H,3-11,17H2,1-2H3/t12-,13?,14?,15?,16?/m1/s1. The van der Waals surface area contributed by atoms with E-state index < -0.39 is 0 Å². The topological polar surface area (TPSA) is 26.0 Å². The summed E-state index contributed by atoms with van der Waals surface area (Å²) in [7, 11) is 0. The SMILES string of the molecule is CC1CC(N)CCC1CC1CCCCC[C@H]1C. The average Bonchev–Trinajstić information content (AvgIpc) is 2.48. The first-order valence-corrected chi connectivity index (χ1v) is 7.92. The molecule has 5 atom stereocenters. The van der Waals surface area contributed by atoms with Crippen molar-refractivity contribution in [3.63, 3.8) is 0 Å². The van der Waals surface area contributed by atoms with Gasteiger partial charge in [-0.2, -0.15) is 0 Å². The first kappa shape index (κ1) is 13.4. The Kier molecular flexibility index (Phi) is 4.90. The summed E-state index contributed by atoms with van der Waals surface area (Å²) in [4.78, 5) is 0. The van der Waals surface area contributed by atoms with Crippen LogP contribution in [0.4, 0.5) is 0 Å². The minimum atomic E-state index is 0.493. The molecule has 17 heavy (non-hydrogen) atoms. The van der Waals surface area contributed by atoms with Crippen LogP contribution in [-0.2, 0) is 0 Å². The average molecular weight is 237 g/mol. The lowest BCUT2D eigenvalue weighted by atomic mass is 9.71. The molecule has 0 aromatic heterocycles. The van der Waals surface area contributed by atoms with E-state index >= 15 is 0 Å². The largest absolute Gasteiger partial charge is 0.328 e. The second kappa shape index (κ2) is 6.22. The molecule has 100 valence electrons. The van der Waals surface area contributed by atoms with Crippen LogP contribution in [0.25, 0.3) is 0 Å². The number of nitrogens with two attached hydrogens (primary N) is 1. The predicted molar refractivity (Wildman–Crippen MR) is 74.8 cm³/mol. The first-order valence-electron chi connectivity index (χ1n) is 7.92. The van der Waals surface area contributed by atoms with Crippen LogP contribution in [0.2, 0.25) is 0 Å². The maximum atomic E-state index is 6.07. The fourth-order valence-corrected chi connectivity index (χ4v) is 4.16. The van der Waals surface area contributed by atoms with Crippen molar-refractivity contribution in [3.8, 4) is 0 Å². The zero-order valence-electron chi connectivity index (χ0n) is 11.8. The summed E-state index contributed by atoms with van der Waals surface area (Å²) < 4.78 is 0. The summed E-state index contributed by atoms with van der Waals surface area (Å²) in [5.41, 5.74) is 6.07. The lowest BCUT2D eigenvalue weighted by Crippen LogP contribution is -2.33. The Labute approximate surface area is 108 Å². The molecule has 2 fully saturated rings. The van der Waals surface area contributed by atoms with Crippen molar-refractivity contribution in [3.05, 3.63) is 0 Å². The van der Waals surface area contributed by atoms with Gasteiger partial charge in [0, 0.05) is 6.04 Å². The summed E-state index contributed by atoms with van der Waals surface area (Å²) in [6, 6.07) is 0.493. The third-order valence-corrected chi connectivity index (χ3v) is 5.53. The smallest absolute Gasteiger partial charge is 0.00415 e. The molecule has 1 heteroatoms. The number of hydrogen-bond acceptors (Lipinski definition) is 1. The van der Waals surface area contributed by atoms with Crippen LogP contribution in [-0.4, -0.2) is 6.04 Å². The molecule has 0 radical (unpaired) electrons. The molecular formula is C16H31N. The highest BCUT2D eigenvalue weighted by Crippen LogP contribution is 2.39. The van der Waals surface area contributed by atoms with E-state index in [2.05, 4.69) is 13.8 Å². The maximum Gasteiger partial charge on any atom is 0.00415 e. The first-order chi connectivity index (χ1) is 8.16. The van der Waals surface area contributed by atoms with Gasteiger partial charge >= 0.3 is 0 Å². The van der Waals surface area contributed by atoms with Gasteiger partial charge < -0.3 is 5.73 Å². The van der Waals surface area contributed by atoms with Gasteiger partial charge in [-0.25, -0.2) is 0 Å². The van der Waals surface area contributed by atoms with E-state index in [1.54, 1.807) is 0 Å². The maximum absolute atomic E-state index is 6.07. The van der Waals surface area contributed by atoms with Gasteiger partial charge in [-0.15, -0.1) is 0 Å². The van der Waals surface area contributed by atoms with Gasteiger partial charge in [0.05, 0.1) is 0 Å². The molecule has 2 aliphatic rings. The van der Waals surface area contributed by atoms with E-state index in [1.165, 1.54) is 57.8 Å². The Morgan fingerprint density at radius 1 is 0.824 bits per heavy atom. The molecule has 0 aromatic carbocycles. The number of rotatable bonds is 2. The summed E-state index contributed by atoms with van der Waals surface area (Å²) in [5.74, 6) is 3.83. The van der Waals surface area contributed by atoms with Crippen LogP contribution in [0.1, 0.15) is 71.6 Å². The molecule has 0 spiro atoms. The van der Waals surface area contributed by atoms with E-state index in [1.807, 2.05) is 0 Å². The van der Waals surface area contributed by atoms with Crippen molar-refractivity contribution in [2.45, 2.75) is 77.7 Å². The van der Waals surface area contributed by atoms with Crippen LogP contribution in [0.15, 0.2) is 0 Å². The van der Waals surface area contributed by atoms with Gasteiger partial charge in [0.1, 0.15) is 0 Å². The van der Waals surface area contributed by atoms with E-state index in [9.17, 15) is 0 Å². The van der Waals surface area contributed by atoms with Crippen molar-refractivity contribution in [2.75, 3.05) is 0 Å². The molecule has 0 bridgehead atoms. The minimum absolute atomic E-state index is 0.493. The van der Waals surface area contributed by atoms with Crippen molar-refractivity contribution in [2.24, 2.45) is 29.4 Å². The second-order valence-electron chi connectivity index (χ2n) is 6.92. The molecule has 2 aliphatic carbocycles. The van der Waals surface area contributed by atoms with Crippen molar-refractivity contribution in [1.29, 1.82) is 0 Å². The van der Waals surface area contributed by atoms with Crippen LogP contribution < -0.4 is 5.73 Å². The van der Waals surface area contributed by atoms with Crippen molar-refractivity contribution < 1.29 is 0 Å². The molecular weight excluding hydrogens is 206 g/mol. The zero-order valence-corrected chi connectivity index (χ0v) is 11.8. The van der Waals surface area contributed by atoms with Crippen molar-refractivity contribution in [1.82, 2.24) is 0 Å². The zero-order chi connectivity index (χ0) is 12.3. The summed E-state index contributed by atoms with van der Waals surface area (Å²) in [6.07, 6.45) is 12.8. The van der Waals surface area contributed by atoms with E-state index in [-0.39, 0.29) is 0 Å². The molecule has 2 N–H and O–H groups in total. The second-order valence-corrected chi connectivity index (χ2v) is 6.92. The Hall–Kier alpha value is -0.0400.